The van der Waals surface area contributed by atoms with Gasteiger partial charge in [0.1, 0.15) is 18.9 Å². The summed E-state index contributed by atoms with van der Waals surface area (Å²) in [4.78, 5) is 4.97. The molecule has 2 N–H and O–H groups in total. The Kier molecular flexibility index (Phi) is 9.18. The molecule has 0 unspecified atom stereocenters. The number of fused-ring (bicyclic) bond motifs is 2. The molecule has 6 heteroatoms. The van der Waals surface area contributed by atoms with Crippen molar-refractivity contribution in [3.8, 4) is 5.75 Å². The van der Waals surface area contributed by atoms with Crippen LogP contribution in [-0.2, 0) is 17.4 Å². The van der Waals surface area contributed by atoms with Gasteiger partial charge in [-0.05, 0) is 72.4 Å². The maximum Gasteiger partial charge on any atom is 0.488 e. The molecule has 2 aliphatic rings. The van der Waals surface area contributed by atoms with Gasteiger partial charge in [-0.15, -0.1) is 0 Å². The van der Waals surface area contributed by atoms with Crippen LogP contribution in [0.1, 0.15) is 75.3 Å². The molecule has 0 saturated carbocycles. The zero-order valence-corrected chi connectivity index (χ0v) is 28.1. The summed E-state index contributed by atoms with van der Waals surface area (Å²) < 4.78 is 8.86. The highest BCUT2D eigenvalue weighted by Crippen LogP contribution is 2.41. The second-order valence-electron chi connectivity index (χ2n) is 13.5. The van der Waals surface area contributed by atoms with Gasteiger partial charge in [0.2, 0.25) is 5.69 Å². The lowest BCUT2D eigenvalue weighted by Gasteiger charge is -2.20. The Labute approximate surface area is 279 Å². The molecule has 0 radical (unpaired) electrons. The molecule has 6 rings (SSSR count). The van der Waals surface area contributed by atoms with Crippen LogP contribution in [0.4, 0.5) is 11.4 Å². The number of hydrogen-bond acceptors (Lipinski definition) is 4. The van der Waals surface area contributed by atoms with Gasteiger partial charge in [0.05, 0.1) is 16.8 Å². The SMILES string of the molecule is CCCC[N+]1=C(/C=C/c2ccc(OCc3ccc(B(O)O)cc3)c(/C=C/C3=Nc4ccccc4C3(C)C)c2)C(C)(C)c2ccccc21. The van der Waals surface area contributed by atoms with E-state index in [1.807, 2.05) is 24.3 Å². The number of para-hydroxylation sites is 2. The highest BCUT2D eigenvalue weighted by molar-refractivity contribution is 6.58. The number of rotatable bonds is 11. The molecule has 0 bridgehead atoms. The van der Waals surface area contributed by atoms with Crippen LogP contribution in [0.2, 0.25) is 0 Å². The van der Waals surface area contributed by atoms with Gasteiger partial charge in [-0.3, -0.25) is 4.99 Å². The summed E-state index contributed by atoms with van der Waals surface area (Å²) in [6.07, 6.45) is 11.0. The van der Waals surface area contributed by atoms with Crippen molar-refractivity contribution in [1.29, 1.82) is 0 Å². The van der Waals surface area contributed by atoms with E-state index in [4.69, 9.17) is 9.73 Å². The first-order chi connectivity index (χ1) is 22.6. The Hall–Kier alpha value is -4.52. The van der Waals surface area contributed by atoms with Gasteiger partial charge >= 0.3 is 7.12 Å². The predicted molar refractivity (Wildman–Crippen MR) is 196 cm³/mol. The van der Waals surface area contributed by atoms with Crippen LogP contribution in [0.25, 0.3) is 12.2 Å². The lowest BCUT2D eigenvalue weighted by Crippen LogP contribution is -2.29. The normalized spacial score (nSPS) is 16.1. The molecular weight excluding hydrogens is 579 g/mol. The predicted octanol–water partition coefficient (Wildman–Crippen LogP) is 7.91. The molecule has 0 spiro atoms. The van der Waals surface area contributed by atoms with E-state index in [0.29, 0.717) is 12.1 Å². The molecular formula is C41H44BN2O3+. The van der Waals surface area contributed by atoms with Crippen LogP contribution in [-0.4, -0.2) is 39.7 Å². The highest BCUT2D eigenvalue weighted by atomic mass is 16.5. The maximum absolute atomic E-state index is 9.47. The van der Waals surface area contributed by atoms with E-state index in [1.165, 1.54) is 22.5 Å². The van der Waals surface area contributed by atoms with Crippen LogP contribution >= 0.6 is 0 Å². The molecule has 0 saturated heterocycles. The first kappa shape index (κ1) is 32.4. The maximum atomic E-state index is 9.47. The topological polar surface area (TPSA) is 65.1 Å². The second-order valence-corrected chi connectivity index (χ2v) is 13.5. The minimum Gasteiger partial charge on any atom is -0.488 e. The van der Waals surface area contributed by atoms with E-state index in [0.717, 1.165) is 53.2 Å². The molecule has 2 heterocycles. The summed E-state index contributed by atoms with van der Waals surface area (Å²) in [5.41, 5.74) is 10.4. The minimum absolute atomic E-state index is 0.102. The third kappa shape index (κ3) is 6.53. The van der Waals surface area contributed by atoms with Gasteiger partial charge in [-0.25, -0.2) is 0 Å². The second kappa shape index (κ2) is 13.3. The Morgan fingerprint density at radius 2 is 1.51 bits per heavy atom. The van der Waals surface area contributed by atoms with Gasteiger partial charge in [-0.1, -0.05) is 93.9 Å². The third-order valence-electron chi connectivity index (χ3n) is 9.55. The summed E-state index contributed by atoms with van der Waals surface area (Å²) in [5, 5.41) is 18.9. The third-order valence-corrected chi connectivity index (χ3v) is 9.55. The number of benzene rings is 4. The van der Waals surface area contributed by atoms with E-state index < -0.39 is 7.12 Å². The molecule has 2 aliphatic heterocycles. The fourth-order valence-electron chi connectivity index (χ4n) is 6.67. The molecule has 0 aliphatic carbocycles. The van der Waals surface area contributed by atoms with Gasteiger partial charge in [-0.2, -0.15) is 4.58 Å². The minimum atomic E-state index is -1.49. The molecule has 5 nitrogen and oxygen atoms in total. The number of unbranched alkanes of at least 4 members (excludes halogenated alkanes) is 1. The van der Waals surface area contributed by atoms with Crippen molar-refractivity contribution in [2.45, 2.75) is 64.9 Å². The first-order valence-electron chi connectivity index (χ1n) is 16.6. The Morgan fingerprint density at radius 3 is 2.23 bits per heavy atom. The smallest absolute Gasteiger partial charge is 0.488 e. The van der Waals surface area contributed by atoms with Crippen molar-refractivity contribution in [3.63, 3.8) is 0 Å². The summed E-state index contributed by atoms with van der Waals surface area (Å²) in [5.74, 6) is 0.768. The zero-order chi connectivity index (χ0) is 33.2. The lowest BCUT2D eigenvalue weighted by molar-refractivity contribution is -0.438. The van der Waals surface area contributed by atoms with Gasteiger partial charge in [0.15, 0.2) is 5.71 Å². The fraction of sp³-hybridized carbons (Fsp3) is 0.268. The van der Waals surface area contributed by atoms with E-state index in [-0.39, 0.29) is 10.8 Å². The Balaban J connectivity index is 1.33. The number of ether oxygens (including phenoxy) is 1. The average Bonchev–Trinajstić information content (AvgIpc) is 3.46. The summed E-state index contributed by atoms with van der Waals surface area (Å²) in [6.45, 7) is 12.7. The van der Waals surface area contributed by atoms with E-state index in [9.17, 15) is 10.0 Å². The molecule has 0 aromatic heterocycles. The Bertz CT molecular complexity index is 1900. The summed E-state index contributed by atoms with van der Waals surface area (Å²) in [6, 6.07) is 30.6. The monoisotopic (exact) mass is 623 g/mol. The van der Waals surface area contributed by atoms with Crippen LogP contribution < -0.4 is 10.2 Å². The van der Waals surface area contributed by atoms with Crippen molar-refractivity contribution >= 4 is 47.5 Å². The van der Waals surface area contributed by atoms with Crippen molar-refractivity contribution in [2.75, 3.05) is 6.54 Å². The van der Waals surface area contributed by atoms with Crippen LogP contribution in [0.15, 0.2) is 108 Å². The lowest BCUT2D eigenvalue weighted by atomic mass is 9.80. The van der Waals surface area contributed by atoms with Crippen LogP contribution in [0.3, 0.4) is 0 Å². The van der Waals surface area contributed by atoms with Gasteiger partial charge in [0, 0.05) is 35.1 Å². The number of hydrogen-bond donors (Lipinski definition) is 2. The first-order valence-corrected chi connectivity index (χ1v) is 16.6. The van der Waals surface area contributed by atoms with Gasteiger partial charge < -0.3 is 14.8 Å². The largest absolute Gasteiger partial charge is 0.488 e. The summed E-state index contributed by atoms with van der Waals surface area (Å²) >= 11 is 0. The van der Waals surface area contributed by atoms with E-state index in [1.54, 1.807) is 12.1 Å². The van der Waals surface area contributed by atoms with Crippen molar-refractivity contribution < 1.29 is 19.4 Å². The van der Waals surface area contributed by atoms with Gasteiger partial charge in [0.25, 0.3) is 0 Å². The molecule has 238 valence electrons. The quantitative estimate of drug-likeness (QED) is 0.132. The molecule has 4 aromatic rings. The fourth-order valence-corrected chi connectivity index (χ4v) is 6.67. The Morgan fingerprint density at radius 1 is 0.787 bits per heavy atom. The zero-order valence-electron chi connectivity index (χ0n) is 28.1. The number of nitrogens with zero attached hydrogens (tertiary/aromatic N) is 2. The molecule has 0 atom stereocenters. The number of allylic oxidation sites excluding steroid dienone is 2. The molecule has 47 heavy (non-hydrogen) atoms. The molecule has 4 aromatic carbocycles. The van der Waals surface area contributed by atoms with Crippen molar-refractivity contribution in [3.05, 3.63) is 131 Å². The van der Waals surface area contributed by atoms with Crippen LogP contribution in [0.5, 0.6) is 5.75 Å². The number of aliphatic imine (C=N–C) groups is 1. The standard InChI is InChI=1S/C41H44BN2O3/c1-6-7-26-44-36-15-11-9-13-34(36)41(4,5)39(44)25-19-29-18-23-37(47-28-30-16-21-32(22-17-30)42(45)46)31(27-29)20-24-38-40(2,3)33-12-8-10-14-35(33)43-38/h8-25,27,45-46H,6-7,26,28H2,1-5H3/q+1/b24-20+,25-19+. The van der Waals surface area contributed by atoms with E-state index >= 15 is 0 Å². The van der Waals surface area contributed by atoms with Crippen molar-refractivity contribution in [2.24, 2.45) is 4.99 Å². The van der Waals surface area contributed by atoms with Crippen molar-refractivity contribution in [1.82, 2.24) is 0 Å². The van der Waals surface area contributed by atoms with E-state index in [2.05, 4.69) is 118 Å². The highest BCUT2D eigenvalue weighted by Gasteiger charge is 2.43. The summed E-state index contributed by atoms with van der Waals surface area (Å²) in [7, 11) is -1.49. The molecule has 0 fully saturated rings. The van der Waals surface area contributed by atoms with Crippen LogP contribution in [0, 0.1) is 0 Å². The average molecular weight is 624 g/mol. The molecule has 0 amide bonds.